The number of nitrogens with one attached hydrogen (secondary N) is 1. The SMILES string of the molecule is COc1cccc(C(=O)N(CC(=O)Nc2nc(-c3ccccc3)cn2-c2ccc(F)cc2)Cc2ccccc2)c1. The van der Waals surface area contributed by atoms with Gasteiger partial charge in [0.2, 0.25) is 11.9 Å². The molecule has 0 aliphatic heterocycles. The molecule has 5 aromatic rings. The molecule has 0 radical (unpaired) electrons. The number of hydrogen-bond acceptors (Lipinski definition) is 4. The van der Waals surface area contributed by atoms with Crippen molar-refractivity contribution in [1.82, 2.24) is 14.5 Å². The highest BCUT2D eigenvalue weighted by Crippen LogP contribution is 2.25. The Kier molecular flexibility index (Phi) is 7.97. The fourth-order valence-electron chi connectivity index (χ4n) is 4.29. The molecule has 8 heteroatoms. The van der Waals surface area contributed by atoms with Gasteiger partial charge in [-0.1, -0.05) is 66.7 Å². The molecule has 0 aliphatic rings. The number of benzene rings is 4. The molecule has 1 heterocycles. The summed E-state index contributed by atoms with van der Waals surface area (Å²) in [6, 6.07) is 31.7. The maximum absolute atomic E-state index is 13.6. The minimum absolute atomic E-state index is 0.220. The average Bonchev–Trinajstić information content (AvgIpc) is 3.41. The molecule has 40 heavy (non-hydrogen) atoms. The van der Waals surface area contributed by atoms with Crippen LogP contribution in [0.15, 0.2) is 115 Å². The van der Waals surface area contributed by atoms with Gasteiger partial charge in [-0.05, 0) is 48.0 Å². The van der Waals surface area contributed by atoms with Gasteiger partial charge in [-0.2, -0.15) is 0 Å². The molecule has 0 fully saturated rings. The second-order valence-corrected chi connectivity index (χ2v) is 9.09. The smallest absolute Gasteiger partial charge is 0.254 e. The molecular formula is C32H27FN4O3. The zero-order valence-corrected chi connectivity index (χ0v) is 21.8. The van der Waals surface area contributed by atoms with Gasteiger partial charge >= 0.3 is 0 Å². The van der Waals surface area contributed by atoms with Gasteiger partial charge in [-0.25, -0.2) is 9.37 Å². The van der Waals surface area contributed by atoms with Crippen molar-refractivity contribution in [1.29, 1.82) is 0 Å². The summed E-state index contributed by atoms with van der Waals surface area (Å²) in [5.41, 5.74) is 3.40. The Bertz CT molecular complexity index is 1600. The van der Waals surface area contributed by atoms with E-state index >= 15 is 0 Å². The first kappa shape index (κ1) is 26.4. The van der Waals surface area contributed by atoms with E-state index in [0.717, 1.165) is 11.1 Å². The summed E-state index contributed by atoms with van der Waals surface area (Å²) >= 11 is 0. The van der Waals surface area contributed by atoms with Crippen LogP contribution >= 0.6 is 0 Å². The summed E-state index contributed by atoms with van der Waals surface area (Å²) in [7, 11) is 1.53. The van der Waals surface area contributed by atoms with Crippen LogP contribution in [-0.4, -0.2) is 39.9 Å². The molecule has 1 N–H and O–H groups in total. The second kappa shape index (κ2) is 12.1. The van der Waals surface area contributed by atoms with Crippen molar-refractivity contribution in [2.45, 2.75) is 6.54 Å². The van der Waals surface area contributed by atoms with Gasteiger partial charge in [0.1, 0.15) is 18.1 Å². The summed E-state index contributed by atoms with van der Waals surface area (Å²) < 4.78 is 20.6. The summed E-state index contributed by atoms with van der Waals surface area (Å²) in [5, 5.41) is 2.86. The Morgan fingerprint density at radius 1 is 0.900 bits per heavy atom. The minimum Gasteiger partial charge on any atom is -0.497 e. The van der Waals surface area contributed by atoms with E-state index in [1.54, 1.807) is 47.2 Å². The molecule has 1 aromatic heterocycles. The van der Waals surface area contributed by atoms with Gasteiger partial charge in [-0.15, -0.1) is 0 Å². The van der Waals surface area contributed by atoms with Crippen LogP contribution in [0, 0.1) is 5.82 Å². The highest BCUT2D eigenvalue weighted by Gasteiger charge is 2.22. The van der Waals surface area contributed by atoms with Gasteiger partial charge in [0, 0.05) is 29.6 Å². The number of halogens is 1. The van der Waals surface area contributed by atoms with Crippen molar-refractivity contribution >= 4 is 17.8 Å². The van der Waals surface area contributed by atoms with E-state index in [1.807, 2.05) is 60.7 Å². The van der Waals surface area contributed by atoms with Crippen LogP contribution in [0.2, 0.25) is 0 Å². The molecule has 5 rings (SSSR count). The molecule has 0 aliphatic carbocycles. The predicted octanol–water partition coefficient (Wildman–Crippen LogP) is 5.97. The largest absolute Gasteiger partial charge is 0.497 e. The second-order valence-electron chi connectivity index (χ2n) is 9.09. The molecular weight excluding hydrogens is 507 g/mol. The Labute approximate surface area is 231 Å². The first-order valence-corrected chi connectivity index (χ1v) is 12.7. The standard InChI is InChI=1S/C32H27FN4O3/c1-40-28-14-8-13-25(19-28)31(39)36(20-23-9-4-2-5-10-23)22-30(38)35-32-34-29(24-11-6-3-7-12-24)21-37(32)27-17-15-26(33)16-18-27/h2-19,21H,20,22H2,1H3,(H,34,35,38). The lowest BCUT2D eigenvalue weighted by Crippen LogP contribution is -2.38. The van der Waals surface area contributed by atoms with Crippen molar-refractivity contribution in [3.8, 4) is 22.7 Å². The number of nitrogens with zero attached hydrogens (tertiary/aromatic N) is 3. The van der Waals surface area contributed by atoms with E-state index in [4.69, 9.17) is 4.74 Å². The number of rotatable bonds is 9. The third-order valence-electron chi connectivity index (χ3n) is 6.29. The van der Waals surface area contributed by atoms with E-state index in [1.165, 1.54) is 24.1 Å². The molecule has 0 spiro atoms. The van der Waals surface area contributed by atoms with E-state index in [9.17, 15) is 14.0 Å². The monoisotopic (exact) mass is 534 g/mol. The first-order valence-electron chi connectivity index (χ1n) is 12.7. The highest BCUT2D eigenvalue weighted by molar-refractivity contribution is 5.99. The van der Waals surface area contributed by atoms with Crippen molar-refractivity contribution < 1.29 is 18.7 Å². The normalized spacial score (nSPS) is 10.7. The van der Waals surface area contributed by atoms with Crippen LogP contribution in [0.3, 0.4) is 0 Å². The highest BCUT2D eigenvalue weighted by atomic mass is 19.1. The number of aromatic nitrogens is 2. The van der Waals surface area contributed by atoms with E-state index in [-0.39, 0.29) is 30.8 Å². The van der Waals surface area contributed by atoms with Crippen LogP contribution in [0.4, 0.5) is 10.3 Å². The summed E-state index contributed by atoms with van der Waals surface area (Å²) in [6.07, 6.45) is 1.78. The molecule has 0 unspecified atom stereocenters. The molecule has 0 saturated heterocycles. The zero-order chi connectivity index (χ0) is 27.9. The average molecular weight is 535 g/mol. The summed E-state index contributed by atoms with van der Waals surface area (Å²) in [6.45, 7) is 0.00779. The first-order chi connectivity index (χ1) is 19.5. The van der Waals surface area contributed by atoms with Gasteiger partial charge in [0.05, 0.1) is 12.8 Å². The van der Waals surface area contributed by atoms with E-state index in [2.05, 4.69) is 10.3 Å². The Hall–Kier alpha value is -5.24. The number of carbonyl (C=O) groups is 2. The van der Waals surface area contributed by atoms with Gasteiger partial charge in [-0.3, -0.25) is 19.5 Å². The molecule has 2 amide bonds. The zero-order valence-electron chi connectivity index (χ0n) is 21.8. The maximum atomic E-state index is 13.6. The fraction of sp³-hybridized carbons (Fsp3) is 0.0938. The lowest BCUT2D eigenvalue weighted by molar-refractivity contribution is -0.117. The van der Waals surface area contributed by atoms with Crippen LogP contribution in [-0.2, 0) is 11.3 Å². The number of amides is 2. The summed E-state index contributed by atoms with van der Waals surface area (Å²) in [4.78, 5) is 33.1. The summed E-state index contributed by atoms with van der Waals surface area (Å²) in [5.74, 6) is -0.315. The van der Waals surface area contributed by atoms with E-state index < -0.39 is 5.91 Å². The Morgan fingerprint density at radius 2 is 1.60 bits per heavy atom. The number of methoxy groups -OCH3 is 1. The molecule has 0 saturated carbocycles. The maximum Gasteiger partial charge on any atom is 0.254 e. The molecule has 0 bridgehead atoms. The van der Waals surface area contributed by atoms with Crippen molar-refractivity contribution in [2.24, 2.45) is 0 Å². The van der Waals surface area contributed by atoms with Crippen molar-refractivity contribution in [3.63, 3.8) is 0 Å². The lowest BCUT2D eigenvalue weighted by Gasteiger charge is -2.23. The molecule has 4 aromatic carbocycles. The van der Waals surface area contributed by atoms with Crippen LogP contribution in [0.1, 0.15) is 15.9 Å². The van der Waals surface area contributed by atoms with Crippen LogP contribution in [0.5, 0.6) is 5.75 Å². The number of anilines is 1. The van der Waals surface area contributed by atoms with Crippen molar-refractivity contribution in [2.75, 3.05) is 19.0 Å². The topological polar surface area (TPSA) is 76.5 Å². The van der Waals surface area contributed by atoms with Crippen LogP contribution < -0.4 is 10.1 Å². The van der Waals surface area contributed by atoms with Gasteiger partial charge in [0.25, 0.3) is 5.91 Å². The molecule has 0 atom stereocenters. The third kappa shape index (κ3) is 6.24. The fourth-order valence-corrected chi connectivity index (χ4v) is 4.29. The molecule has 200 valence electrons. The van der Waals surface area contributed by atoms with E-state index in [0.29, 0.717) is 22.7 Å². The number of ether oxygens (including phenoxy) is 1. The Balaban J connectivity index is 1.44. The Morgan fingerprint density at radius 3 is 2.30 bits per heavy atom. The van der Waals surface area contributed by atoms with Crippen LogP contribution in [0.25, 0.3) is 16.9 Å². The van der Waals surface area contributed by atoms with Gasteiger partial charge < -0.3 is 9.64 Å². The quantitative estimate of drug-likeness (QED) is 0.253. The number of imidazole rings is 1. The number of hydrogen-bond donors (Lipinski definition) is 1. The van der Waals surface area contributed by atoms with Gasteiger partial charge in [0.15, 0.2) is 0 Å². The minimum atomic E-state index is -0.430. The predicted molar refractivity (Wildman–Crippen MR) is 152 cm³/mol. The van der Waals surface area contributed by atoms with Crippen molar-refractivity contribution in [3.05, 3.63) is 132 Å². The molecule has 7 nitrogen and oxygen atoms in total. The number of carbonyl (C=O) groups excluding carboxylic acids is 2. The third-order valence-corrected chi connectivity index (χ3v) is 6.29. The lowest BCUT2D eigenvalue weighted by atomic mass is 10.1.